The number of nitrogens with one attached hydrogen (secondary N) is 2. The van der Waals surface area contributed by atoms with Gasteiger partial charge in [0.1, 0.15) is 11.9 Å². The zero-order valence-electron chi connectivity index (χ0n) is 21.9. The number of carbonyl (C=O) groups excluding carboxylic acids is 2. The van der Waals surface area contributed by atoms with Crippen molar-refractivity contribution >= 4 is 23.2 Å². The number of allylic oxidation sites excluding steroid dienone is 2. The van der Waals surface area contributed by atoms with Crippen LogP contribution in [0.4, 0.5) is 11.4 Å². The topological polar surface area (TPSA) is 70.7 Å². The first kappa shape index (κ1) is 26.5. The normalized spacial score (nSPS) is 14.8. The van der Waals surface area contributed by atoms with Crippen LogP contribution in [0, 0.1) is 0 Å². The lowest BCUT2D eigenvalue weighted by atomic mass is 9.97. The van der Waals surface area contributed by atoms with Gasteiger partial charge in [-0.1, -0.05) is 61.7 Å². The Hall–Kier alpha value is -4.58. The fourth-order valence-corrected chi connectivity index (χ4v) is 4.65. The van der Waals surface area contributed by atoms with Gasteiger partial charge in [0.15, 0.2) is 0 Å². The van der Waals surface area contributed by atoms with Crippen molar-refractivity contribution in [2.45, 2.75) is 25.9 Å². The number of nitrogens with zero attached hydrogens (tertiary/aromatic N) is 1. The molecule has 3 aromatic carbocycles. The highest BCUT2D eigenvalue weighted by Gasteiger charge is 2.33. The average molecular weight is 508 g/mol. The lowest BCUT2D eigenvalue weighted by Gasteiger charge is -2.38. The molecule has 2 N–H and O–H groups in total. The van der Waals surface area contributed by atoms with E-state index in [4.69, 9.17) is 4.74 Å². The Labute approximate surface area is 224 Å². The quantitative estimate of drug-likeness (QED) is 0.316. The van der Waals surface area contributed by atoms with E-state index in [9.17, 15) is 9.59 Å². The second-order valence-corrected chi connectivity index (χ2v) is 9.16. The maximum Gasteiger partial charge on any atom is 0.258 e. The van der Waals surface area contributed by atoms with E-state index >= 15 is 0 Å². The van der Waals surface area contributed by atoms with E-state index in [1.54, 1.807) is 19.3 Å². The van der Waals surface area contributed by atoms with Crippen molar-refractivity contribution in [3.8, 4) is 5.75 Å². The van der Waals surface area contributed by atoms with Crippen molar-refractivity contribution < 1.29 is 14.3 Å². The molecule has 1 aliphatic heterocycles. The number of aryl methyl sites for hydroxylation is 2. The minimum Gasteiger partial charge on any atom is -0.496 e. The third-order valence-corrected chi connectivity index (χ3v) is 6.55. The SMILES string of the molecule is C=C/C=C(\C=C)CN1C(=O)c2ccccc2NC1c1ccc(OC)c(CCc2ccc(NC(C)=O)cc2)c1. The van der Waals surface area contributed by atoms with Crippen LogP contribution in [0.1, 0.15) is 40.1 Å². The standard InChI is InChI=1S/C32H33N3O3/c1-5-9-23(6-2)21-35-31(34-29-11-8-7-10-28(29)32(35)37)26-16-19-30(38-4)25(20-26)15-12-24-13-17-27(18-14-24)33-22(3)36/h5-11,13-14,16-20,31,34H,1-2,12,15,21H2,3-4H3,(H,33,36)/b23-9+. The van der Waals surface area contributed by atoms with E-state index < -0.39 is 0 Å². The number of hydrogen-bond acceptors (Lipinski definition) is 4. The van der Waals surface area contributed by atoms with Crippen LogP contribution in [-0.2, 0) is 17.6 Å². The highest BCUT2D eigenvalue weighted by atomic mass is 16.5. The zero-order valence-corrected chi connectivity index (χ0v) is 21.9. The number of anilines is 2. The Morgan fingerprint density at radius 1 is 1.08 bits per heavy atom. The summed E-state index contributed by atoms with van der Waals surface area (Å²) in [5, 5.41) is 6.36. The molecule has 0 saturated carbocycles. The summed E-state index contributed by atoms with van der Waals surface area (Å²) >= 11 is 0. The van der Waals surface area contributed by atoms with Gasteiger partial charge in [0.2, 0.25) is 5.91 Å². The van der Waals surface area contributed by atoms with Crippen LogP contribution < -0.4 is 15.4 Å². The maximum absolute atomic E-state index is 13.6. The summed E-state index contributed by atoms with van der Waals surface area (Å²) < 4.78 is 5.68. The molecule has 1 heterocycles. The molecule has 1 unspecified atom stereocenters. The number of methoxy groups -OCH3 is 1. The van der Waals surface area contributed by atoms with E-state index in [1.165, 1.54) is 6.92 Å². The fraction of sp³-hybridized carbons (Fsp3) is 0.188. The zero-order chi connectivity index (χ0) is 27.1. The minimum absolute atomic E-state index is 0.0437. The molecule has 6 nitrogen and oxygen atoms in total. The van der Waals surface area contributed by atoms with Gasteiger partial charge < -0.3 is 20.3 Å². The van der Waals surface area contributed by atoms with Crippen LogP contribution in [0.5, 0.6) is 5.75 Å². The van der Waals surface area contributed by atoms with Gasteiger partial charge in [-0.3, -0.25) is 9.59 Å². The number of benzene rings is 3. The highest BCUT2D eigenvalue weighted by Crippen LogP contribution is 2.35. The number of para-hydroxylation sites is 1. The molecule has 3 aromatic rings. The summed E-state index contributed by atoms with van der Waals surface area (Å²) in [4.78, 5) is 26.7. The first-order valence-electron chi connectivity index (χ1n) is 12.6. The van der Waals surface area contributed by atoms with Gasteiger partial charge in [0.25, 0.3) is 5.91 Å². The maximum atomic E-state index is 13.6. The summed E-state index contributed by atoms with van der Waals surface area (Å²) in [7, 11) is 1.67. The van der Waals surface area contributed by atoms with E-state index in [-0.39, 0.29) is 18.0 Å². The number of hydrogen-bond donors (Lipinski definition) is 2. The van der Waals surface area contributed by atoms with Crippen LogP contribution in [0.3, 0.4) is 0 Å². The van der Waals surface area contributed by atoms with Crippen molar-refractivity contribution in [1.29, 1.82) is 0 Å². The van der Waals surface area contributed by atoms with Gasteiger partial charge in [0.05, 0.1) is 12.7 Å². The van der Waals surface area contributed by atoms with Crippen LogP contribution in [0.2, 0.25) is 0 Å². The predicted molar refractivity (Wildman–Crippen MR) is 153 cm³/mol. The monoisotopic (exact) mass is 507 g/mol. The largest absolute Gasteiger partial charge is 0.496 e. The second kappa shape index (κ2) is 12.1. The van der Waals surface area contributed by atoms with Gasteiger partial charge in [-0.05, 0) is 71.5 Å². The lowest BCUT2D eigenvalue weighted by molar-refractivity contribution is -0.114. The van der Waals surface area contributed by atoms with E-state index in [2.05, 4.69) is 29.9 Å². The summed E-state index contributed by atoms with van der Waals surface area (Å²) in [6, 6.07) is 21.5. The molecular formula is C32H33N3O3. The predicted octanol–water partition coefficient (Wildman–Crippen LogP) is 6.30. The van der Waals surface area contributed by atoms with Gasteiger partial charge in [-0.25, -0.2) is 0 Å². The van der Waals surface area contributed by atoms with E-state index in [0.29, 0.717) is 12.1 Å². The molecule has 0 bridgehead atoms. The molecular weight excluding hydrogens is 474 g/mol. The average Bonchev–Trinajstić information content (AvgIpc) is 2.93. The second-order valence-electron chi connectivity index (χ2n) is 9.16. The fourth-order valence-electron chi connectivity index (χ4n) is 4.65. The van der Waals surface area contributed by atoms with Gasteiger partial charge in [-0.15, -0.1) is 0 Å². The molecule has 1 aliphatic rings. The van der Waals surface area contributed by atoms with E-state index in [1.807, 2.05) is 71.6 Å². The van der Waals surface area contributed by atoms with Crippen molar-refractivity contribution in [3.63, 3.8) is 0 Å². The Balaban J connectivity index is 1.63. The summed E-state index contributed by atoms with van der Waals surface area (Å²) in [6.45, 7) is 9.59. The Kier molecular flexibility index (Phi) is 8.44. The third kappa shape index (κ3) is 6.03. The smallest absolute Gasteiger partial charge is 0.258 e. The molecule has 2 amide bonds. The molecule has 0 spiro atoms. The van der Waals surface area contributed by atoms with Crippen molar-refractivity contribution in [1.82, 2.24) is 4.90 Å². The number of rotatable bonds is 10. The van der Waals surface area contributed by atoms with Crippen LogP contribution in [-0.4, -0.2) is 30.4 Å². The molecule has 4 rings (SSSR count). The molecule has 0 fully saturated rings. The van der Waals surface area contributed by atoms with Gasteiger partial charge in [-0.2, -0.15) is 0 Å². The summed E-state index contributed by atoms with van der Waals surface area (Å²) in [5.41, 5.74) is 6.29. The van der Waals surface area contributed by atoms with Crippen LogP contribution in [0.15, 0.2) is 104 Å². The molecule has 194 valence electrons. The molecule has 1 atom stereocenters. The molecule has 0 saturated heterocycles. The van der Waals surface area contributed by atoms with Gasteiger partial charge >= 0.3 is 0 Å². The lowest BCUT2D eigenvalue weighted by Crippen LogP contribution is -2.43. The first-order chi connectivity index (χ1) is 18.4. The molecule has 0 aliphatic carbocycles. The molecule has 38 heavy (non-hydrogen) atoms. The van der Waals surface area contributed by atoms with Crippen molar-refractivity contribution in [3.05, 3.63) is 126 Å². The first-order valence-corrected chi connectivity index (χ1v) is 12.6. The molecule has 0 aromatic heterocycles. The summed E-state index contributed by atoms with van der Waals surface area (Å²) in [6.07, 6.45) is 6.51. The third-order valence-electron chi connectivity index (χ3n) is 6.55. The highest BCUT2D eigenvalue weighted by molar-refractivity contribution is 6.01. The Morgan fingerprint density at radius 3 is 2.53 bits per heavy atom. The Bertz CT molecular complexity index is 1370. The van der Waals surface area contributed by atoms with Crippen molar-refractivity contribution in [2.75, 3.05) is 24.3 Å². The summed E-state index contributed by atoms with van der Waals surface area (Å²) in [5.74, 6) is 0.666. The number of amides is 2. The van der Waals surface area contributed by atoms with Crippen LogP contribution >= 0.6 is 0 Å². The van der Waals surface area contributed by atoms with Gasteiger partial charge in [0, 0.05) is 24.8 Å². The Morgan fingerprint density at radius 2 is 1.84 bits per heavy atom. The number of carbonyl (C=O) groups is 2. The number of ether oxygens (including phenoxy) is 1. The molecule has 6 heteroatoms. The number of fused-ring (bicyclic) bond motifs is 1. The van der Waals surface area contributed by atoms with E-state index in [0.717, 1.165) is 52.2 Å². The van der Waals surface area contributed by atoms with Crippen molar-refractivity contribution in [2.24, 2.45) is 0 Å². The minimum atomic E-state index is -0.368. The van der Waals surface area contributed by atoms with Crippen LogP contribution in [0.25, 0.3) is 0 Å². The molecule has 0 radical (unpaired) electrons.